The molecule has 1 aliphatic rings. The highest BCUT2D eigenvalue weighted by atomic mass is 32.2. The van der Waals surface area contributed by atoms with Gasteiger partial charge in [-0.25, -0.2) is 13.1 Å². The number of sulfonamides is 1. The van der Waals surface area contributed by atoms with Crippen LogP contribution in [-0.2, 0) is 16.2 Å². The first-order valence-corrected chi connectivity index (χ1v) is 12.6. The highest BCUT2D eigenvalue weighted by Gasteiger charge is 2.34. The number of rotatable bonds is 5. The molecule has 0 aliphatic heterocycles. The molecule has 1 fully saturated rings. The van der Waals surface area contributed by atoms with Crippen molar-refractivity contribution in [3.8, 4) is 11.1 Å². The van der Waals surface area contributed by atoms with Gasteiger partial charge < -0.3 is 4.57 Å². The van der Waals surface area contributed by atoms with Crippen LogP contribution < -0.4 is 4.72 Å². The first kappa shape index (κ1) is 23.4. The number of nitrogens with one attached hydrogen (secondary N) is 1. The number of hydrogen-bond acceptors (Lipinski definition) is 5. The second-order valence-electron chi connectivity index (χ2n) is 8.69. The molecule has 0 bridgehead atoms. The quantitative estimate of drug-likeness (QED) is 0.417. The van der Waals surface area contributed by atoms with Gasteiger partial charge in [0.15, 0.2) is 0 Å². The third-order valence-electron chi connectivity index (χ3n) is 6.36. The predicted octanol–water partition coefficient (Wildman–Crippen LogP) is 4.97. The maximum atomic E-state index is 13.8. The monoisotopic (exact) mass is 501 g/mol. The van der Waals surface area contributed by atoms with E-state index in [2.05, 4.69) is 19.9 Å². The van der Waals surface area contributed by atoms with Crippen LogP contribution in [-0.4, -0.2) is 34.2 Å². The number of fused-ring (bicyclic) bond motifs is 1. The number of nitrogens with zero attached hydrogens (tertiary/aromatic N) is 4. The molecular formula is C24H22F3N5O2S. The fourth-order valence-electron chi connectivity index (χ4n) is 4.67. The molecule has 2 aromatic heterocycles. The summed E-state index contributed by atoms with van der Waals surface area (Å²) >= 11 is 0. The van der Waals surface area contributed by atoms with Crippen LogP contribution >= 0.6 is 0 Å². The van der Waals surface area contributed by atoms with E-state index in [0.717, 1.165) is 24.3 Å². The van der Waals surface area contributed by atoms with Crippen molar-refractivity contribution in [3.63, 3.8) is 0 Å². The van der Waals surface area contributed by atoms with E-state index in [1.54, 1.807) is 49.3 Å². The molecule has 0 amide bonds. The summed E-state index contributed by atoms with van der Waals surface area (Å²) in [6.07, 6.45) is 4.33. The van der Waals surface area contributed by atoms with Crippen molar-refractivity contribution in [2.45, 2.75) is 48.8 Å². The maximum absolute atomic E-state index is 13.8. The van der Waals surface area contributed by atoms with Crippen LogP contribution in [0.3, 0.4) is 0 Å². The molecule has 5 rings (SSSR count). The van der Waals surface area contributed by atoms with Crippen LogP contribution in [0.1, 0.15) is 37.3 Å². The Morgan fingerprint density at radius 3 is 2.60 bits per heavy atom. The largest absolute Gasteiger partial charge is 0.416 e. The van der Waals surface area contributed by atoms with Crippen LogP contribution in [0.2, 0.25) is 0 Å². The van der Waals surface area contributed by atoms with Crippen molar-refractivity contribution in [1.29, 1.82) is 0 Å². The van der Waals surface area contributed by atoms with E-state index in [1.165, 1.54) is 6.07 Å². The van der Waals surface area contributed by atoms with Gasteiger partial charge in [-0.05, 0) is 66.5 Å². The molecule has 0 radical (unpaired) electrons. The summed E-state index contributed by atoms with van der Waals surface area (Å²) in [4.78, 5) is 3.64. The first-order chi connectivity index (χ1) is 16.7. The van der Waals surface area contributed by atoms with E-state index in [9.17, 15) is 21.6 Å². The molecular weight excluding hydrogens is 479 g/mol. The normalized spacial score (nSPS) is 19.2. The summed E-state index contributed by atoms with van der Waals surface area (Å²) < 4.78 is 72.4. The molecule has 1 N–H and O–H groups in total. The summed E-state index contributed by atoms with van der Waals surface area (Å²) in [5.74, 6) is 0. The Morgan fingerprint density at radius 2 is 1.83 bits per heavy atom. The lowest BCUT2D eigenvalue weighted by atomic mass is 9.91. The van der Waals surface area contributed by atoms with Crippen molar-refractivity contribution in [3.05, 3.63) is 73.1 Å². The van der Waals surface area contributed by atoms with Crippen LogP contribution in [0.5, 0.6) is 0 Å². The van der Waals surface area contributed by atoms with Gasteiger partial charge in [0.05, 0.1) is 10.5 Å². The van der Waals surface area contributed by atoms with Gasteiger partial charge in [0, 0.05) is 29.9 Å². The van der Waals surface area contributed by atoms with E-state index in [1.807, 2.05) is 4.57 Å². The third-order valence-corrected chi connectivity index (χ3v) is 7.86. The van der Waals surface area contributed by atoms with Crippen LogP contribution in [0.4, 0.5) is 13.2 Å². The number of alkyl halides is 3. The zero-order chi connectivity index (χ0) is 24.6. The van der Waals surface area contributed by atoms with E-state index in [0.29, 0.717) is 29.9 Å². The number of benzene rings is 2. The van der Waals surface area contributed by atoms with Crippen molar-refractivity contribution < 1.29 is 21.6 Å². The zero-order valence-corrected chi connectivity index (χ0v) is 19.3. The zero-order valence-electron chi connectivity index (χ0n) is 18.5. The van der Waals surface area contributed by atoms with Gasteiger partial charge in [0.2, 0.25) is 10.0 Å². The Labute approximate surface area is 200 Å². The molecule has 11 heteroatoms. The Morgan fingerprint density at radius 1 is 1.03 bits per heavy atom. The second-order valence-corrected chi connectivity index (χ2v) is 10.4. The Hall–Kier alpha value is -3.31. The molecule has 0 saturated heterocycles. The van der Waals surface area contributed by atoms with Crippen LogP contribution in [0.15, 0.2) is 72.4 Å². The lowest BCUT2D eigenvalue weighted by molar-refractivity contribution is -0.137. The fraction of sp³-hybridized carbons (Fsp3) is 0.292. The number of aromatic nitrogens is 4. The molecule has 0 spiro atoms. The topological polar surface area (TPSA) is 89.8 Å². The molecule has 7 nitrogen and oxygen atoms in total. The third kappa shape index (κ3) is 4.92. The maximum Gasteiger partial charge on any atom is 0.416 e. The lowest BCUT2D eigenvalue weighted by Gasteiger charge is -2.30. The lowest BCUT2D eigenvalue weighted by Crippen LogP contribution is -2.38. The van der Waals surface area contributed by atoms with E-state index in [-0.39, 0.29) is 11.6 Å². The molecule has 1 aliphatic carbocycles. The molecule has 4 aromatic rings. The van der Waals surface area contributed by atoms with Crippen LogP contribution in [0.25, 0.3) is 21.9 Å². The molecule has 0 unspecified atom stereocenters. The predicted molar refractivity (Wildman–Crippen MR) is 124 cm³/mol. The molecule has 2 aromatic carbocycles. The van der Waals surface area contributed by atoms with Gasteiger partial charge in [-0.15, -0.1) is 10.2 Å². The van der Waals surface area contributed by atoms with Gasteiger partial charge in [0.1, 0.15) is 12.7 Å². The second kappa shape index (κ2) is 9.04. The van der Waals surface area contributed by atoms with E-state index >= 15 is 0 Å². The fourth-order valence-corrected chi connectivity index (χ4v) is 6.03. The van der Waals surface area contributed by atoms with E-state index in [4.69, 9.17) is 0 Å². The Balaban J connectivity index is 1.52. The van der Waals surface area contributed by atoms with Crippen LogP contribution in [0, 0.1) is 0 Å². The minimum Gasteiger partial charge on any atom is -0.317 e. The summed E-state index contributed by atoms with van der Waals surface area (Å²) in [6, 6.07) is 9.46. The van der Waals surface area contributed by atoms with Gasteiger partial charge in [0.25, 0.3) is 0 Å². The molecule has 2 atom stereocenters. The smallest absolute Gasteiger partial charge is 0.317 e. The van der Waals surface area contributed by atoms with Crippen molar-refractivity contribution in [2.24, 2.45) is 0 Å². The van der Waals surface area contributed by atoms with Gasteiger partial charge in [-0.3, -0.25) is 4.98 Å². The highest BCUT2D eigenvalue weighted by molar-refractivity contribution is 7.89. The van der Waals surface area contributed by atoms with Gasteiger partial charge >= 0.3 is 6.18 Å². The number of hydrogen-bond donors (Lipinski definition) is 1. The van der Waals surface area contributed by atoms with Crippen molar-refractivity contribution in [2.75, 3.05) is 0 Å². The van der Waals surface area contributed by atoms with Crippen molar-refractivity contribution in [1.82, 2.24) is 24.5 Å². The van der Waals surface area contributed by atoms with Crippen molar-refractivity contribution >= 4 is 20.8 Å². The van der Waals surface area contributed by atoms with Gasteiger partial charge in [-0.1, -0.05) is 18.2 Å². The molecule has 182 valence electrons. The Bertz CT molecular complexity index is 1450. The molecule has 2 heterocycles. The summed E-state index contributed by atoms with van der Waals surface area (Å²) in [5.41, 5.74) is -0.353. The summed E-state index contributed by atoms with van der Waals surface area (Å²) in [6.45, 7) is 0. The molecule has 1 saturated carbocycles. The standard InChI is InChI=1S/C24H22F3N5O2S/c25-24(26,27)18-9-17(22-6-1-3-16-13-28-8-7-23(16)22)10-21(11-18)35(33,34)31-19-4-2-5-20(12-19)32-14-29-30-15-32/h1,3,6-11,13-15,19-20,31H,2,4-5,12H2/t19-,20+/m0/s1. The Kier molecular flexibility index (Phi) is 6.06. The SMILES string of the molecule is O=S(=O)(N[C@H]1CCC[C@@H](n2cnnc2)C1)c1cc(-c2cccc3cnccc23)cc(C(F)(F)F)c1. The number of pyridine rings is 1. The minimum absolute atomic E-state index is 0.0211. The molecule has 35 heavy (non-hydrogen) atoms. The minimum atomic E-state index is -4.71. The average Bonchev–Trinajstić information content (AvgIpc) is 3.38. The number of halogens is 3. The van der Waals surface area contributed by atoms with Gasteiger partial charge in [-0.2, -0.15) is 13.2 Å². The first-order valence-electron chi connectivity index (χ1n) is 11.1. The summed E-state index contributed by atoms with van der Waals surface area (Å²) in [7, 11) is -4.22. The van der Waals surface area contributed by atoms with E-state index < -0.39 is 32.7 Å². The average molecular weight is 502 g/mol. The summed E-state index contributed by atoms with van der Waals surface area (Å²) in [5, 5.41) is 9.03. The highest BCUT2D eigenvalue weighted by Crippen LogP contribution is 2.37.